The van der Waals surface area contributed by atoms with E-state index in [2.05, 4.69) is 222 Å². The predicted octanol–water partition coefficient (Wildman–Crippen LogP) is 15.6. The Morgan fingerprint density at radius 3 is 1.66 bits per heavy atom. The molecule has 0 atom stereocenters. The van der Waals surface area contributed by atoms with Crippen molar-refractivity contribution < 1.29 is 4.42 Å². The summed E-state index contributed by atoms with van der Waals surface area (Å²) in [6.45, 7) is 0. The first-order chi connectivity index (χ1) is 30.8. The van der Waals surface area contributed by atoms with Crippen LogP contribution in [0.5, 0.6) is 0 Å². The summed E-state index contributed by atoms with van der Waals surface area (Å²) in [5.41, 5.74) is 18.4. The van der Waals surface area contributed by atoms with Crippen molar-refractivity contribution in [3.63, 3.8) is 0 Å². The highest BCUT2D eigenvalue weighted by molar-refractivity contribution is 6.15. The minimum Gasteiger partial charge on any atom is -0.456 e. The summed E-state index contributed by atoms with van der Waals surface area (Å²) in [6.07, 6.45) is 0. The van der Waals surface area contributed by atoms with E-state index in [1.54, 1.807) is 0 Å². The molecule has 0 saturated carbocycles. The molecule has 3 nitrogen and oxygen atoms in total. The van der Waals surface area contributed by atoms with E-state index < -0.39 is 5.41 Å². The van der Waals surface area contributed by atoms with Crippen molar-refractivity contribution in [2.75, 3.05) is 4.90 Å². The van der Waals surface area contributed by atoms with Gasteiger partial charge in [-0.25, -0.2) is 0 Å². The number of fused-ring (bicyclic) bond motifs is 15. The maximum atomic E-state index is 6.59. The molecular formula is C59H36N2O. The molecule has 3 heteroatoms. The molecule has 0 amide bonds. The van der Waals surface area contributed by atoms with Crippen LogP contribution in [0.2, 0.25) is 0 Å². The van der Waals surface area contributed by atoms with Gasteiger partial charge in [-0.2, -0.15) is 0 Å². The Labute approximate surface area is 358 Å². The Morgan fingerprint density at radius 2 is 0.903 bits per heavy atom. The molecule has 0 N–H and O–H groups in total. The number of aromatic nitrogens is 1. The Kier molecular flexibility index (Phi) is 6.76. The molecule has 12 aromatic rings. The van der Waals surface area contributed by atoms with Crippen LogP contribution in [0, 0.1) is 0 Å². The third-order valence-electron chi connectivity index (χ3n) is 13.8. The minimum atomic E-state index is -0.484. The SMILES string of the molecule is c1ccc(-n2c3ccccc3c3ccc(N(c4ccc5c(c4)oc4ccccc45)c4ccc5c6c(cccc46)C4(c6ccccc6-c6ccccc64)c4ccccc4-5)cc32)cc1. The molecule has 10 aromatic carbocycles. The number of nitrogens with zero attached hydrogens (tertiary/aromatic N) is 2. The molecule has 0 radical (unpaired) electrons. The molecule has 2 aliphatic rings. The lowest BCUT2D eigenvalue weighted by Crippen LogP contribution is -2.31. The second-order valence-electron chi connectivity index (χ2n) is 16.8. The lowest BCUT2D eigenvalue weighted by Gasteiger charge is -2.40. The third kappa shape index (κ3) is 4.34. The molecule has 0 unspecified atom stereocenters. The third-order valence-corrected chi connectivity index (χ3v) is 13.8. The highest BCUT2D eigenvalue weighted by Crippen LogP contribution is 2.62. The Hall–Kier alpha value is -8.14. The minimum absolute atomic E-state index is 0.484. The van der Waals surface area contributed by atoms with Crippen molar-refractivity contribution >= 4 is 71.6 Å². The molecule has 62 heavy (non-hydrogen) atoms. The van der Waals surface area contributed by atoms with Gasteiger partial charge in [-0.15, -0.1) is 0 Å². The number of furan rings is 1. The molecule has 14 rings (SSSR count). The average Bonchev–Trinajstić information content (AvgIpc) is 3.97. The van der Waals surface area contributed by atoms with Crippen molar-refractivity contribution in [1.82, 2.24) is 4.57 Å². The van der Waals surface area contributed by atoms with Gasteiger partial charge in [-0.05, 0) is 104 Å². The quantitative estimate of drug-likeness (QED) is 0.177. The van der Waals surface area contributed by atoms with Crippen LogP contribution in [0.1, 0.15) is 22.3 Å². The van der Waals surface area contributed by atoms with E-state index in [1.165, 1.54) is 71.6 Å². The first-order valence-corrected chi connectivity index (χ1v) is 21.4. The van der Waals surface area contributed by atoms with E-state index >= 15 is 0 Å². The van der Waals surface area contributed by atoms with Gasteiger partial charge in [0.1, 0.15) is 11.2 Å². The van der Waals surface area contributed by atoms with Crippen LogP contribution >= 0.6 is 0 Å². The van der Waals surface area contributed by atoms with E-state index in [-0.39, 0.29) is 0 Å². The first kappa shape index (κ1) is 33.7. The fourth-order valence-corrected chi connectivity index (χ4v) is 11.4. The van der Waals surface area contributed by atoms with Gasteiger partial charge in [-0.1, -0.05) is 158 Å². The lowest BCUT2D eigenvalue weighted by atomic mass is 9.61. The van der Waals surface area contributed by atoms with E-state index in [0.717, 1.165) is 50.2 Å². The fraction of sp³-hybridized carbons (Fsp3) is 0.0169. The molecule has 0 fully saturated rings. The molecule has 2 aromatic heterocycles. The van der Waals surface area contributed by atoms with Crippen LogP contribution in [0.15, 0.2) is 223 Å². The number of rotatable bonds is 4. The number of para-hydroxylation sites is 3. The zero-order valence-electron chi connectivity index (χ0n) is 33.6. The van der Waals surface area contributed by atoms with Crippen molar-refractivity contribution in [3.05, 3.63) is 241 Å². The molecule has 2 heterocycles. The normalized spacial score (nSPS) is 13.3. The highest BCUT2D eigenvalue weighted by Gasteiger charge is 2.50. The smallest absolute Gasteiger partial charge is 0.137 e. The van der Waals surface area contributed by atoms with Crippen molar-refractivity contribution in [2.45, 2.75) is 5.41 Å². The van der Waals surface area contributed by atoms with Gasteiger partial charge in [-0.3, -0.25) is 0 Å². The zero-order valence-corrected chi connectivity index (χ0v) is 33.6. The van der Waals surface area contributed by atoms with E-state index in [4.69, 9.17) is 4.42 Å². The summed E-state index contributed by atoms with van der Waals surface area (Å²) in [5, 5.41) is 7.16. The van der Waals surface area contributed by atoms with Crippen molar-refractivity contribution in [1.29, 1.82) is 0 Å². The first-order valence-electron chi connectivity index (χ1n) is 21.4. The monoisotopic (exact) mass is 788 g/mol. The highest BCUT2D eigenvalue weighted by atomic mass is 16.3. The summed E-state index contributed by atoms with van der Waals surface area (Å²) >= 11 is 0. The van der Waals surface area contributed by atoms with E-state index in [1.807, 2.05) is 6.07 Å². The van der Waals surface area contributed by atoms with Crippen LogP contribution < -0.4 is 4.90 Å². The largest absolute Gasteiger partial charge is 0.456 e. The Balaban J connectivity index is 1.09. The molecule has 288 valence electrons. The Morgan fingerprint density at radius 1 is 0.355 bits per heavy atom. The van der Waals surface area contributed by atoms with Gasteiger partial charge < -0.3 is 13.9 Å². The second-order valence-corrected chi connectivity index (χ2v) is 16.8. The number of hydrogen-bond donors (Lipinski definition) is 0. The summed E-state index contributed by atoms with van der Waals surface area (Å²) in [7, 11) is 0. The maximum absolute atomic E-state index is 6.59. The van der Waals surface area contributed by atoms with Crippen LogP contribution in [-0.2, 0) is 5.41 Å². The van der Waals surface area contributed by atoms with Crippen LogP contribution in [0.4, 0.5) is 17.1 Å². The number of anilines is 3. The van der Waals surface area contributed by atoms with Crippen LogP contribution in [0.3, 0.4) is 0 Å². The topological polar surface area (TPSA) is 21.3 Å². The van der Waals surface area contributed by atoms with Crippen LogP contribution in [0.25, 0.3) is 82.5 Å². The van der Waals surface area contributed by atoms with Crippen molar-refractivity contribution in [3.8, 4) is 27.9 Å². The molecule has 0 saturated heterocycles. The Bertz CT molecular complexity index is 3790. The fourth-order valence-electron chi connectivity index (χ4n) is 11.4. The van der Waals surface area contributed by atoms with Gasteiger partial charge >= 0.3 is 0 Å². The van der Waals surface area contributed by atoms with Gasteiger partial charge in [0.2, 0.25) is 0 Å². The summed E-state index contributed by atoms with van der Waals surface area (Å²) in [4.78, 5) is 2.45. The standard InChI is InChI=1S/C59H36N2O/c1-2-15-37(16-3-1)61-53-27-12-7-20-43(53)44-31-29-38(35-55(44)61)60(39-30-32-46-45-21-8-13-28-56(45)62-57(46)36-39)54-34-33-47-42-19-6-11-25-51(42)59(52-26-14-22-48(54)58(47)52)49-23-9-4-17-40(49)41-18-5-10-24-50(41)59/h1-36H. The summed E-state index contributed by atoms with van der Waals surface area (Å²) in [5.74, 6) is 0. The van der Waals surface area contributed by atoms with Crippen LogP contribution in [-0.4, -0.2) is 4.57 Å². The summed E-state index contributed by atoms with van der Waals surface area (Å²) in [6, 6.07) is 80.4. The van der Waals surface area contributed by atoms with Crippen molar-refractivity contribution in [2.24, 2.45) is 0 Å². The van der Waals surface area contributed by atoms with E-state index in [9.17, 15) is 0 Å². The van der Waals surface area contributed by atoms with Gasteiger partial charge in [0.25, 0.3) is 0 Å². The summed E-state index contributed by atoms with van der Waals surface area (Å²) < 4.78 is 9.00. The van der Waals surface area contributed by atoms with Gasteiger partial charge in [0.05, 0.1) is 22.1 Å². The predicted molar refractivity (Wildman–Crippen MR) is 257 cm³/mol. The molecule has 0 bridgehead atoms. The lowest BCUT2D eigenvalue weighted by molar-refractivity contribution is 0.669. The maximum Gasteiger partial charge on any atom is 0.137 e. The zero-order chi connectivity index (χ0) is 40.5. The second kappa shape index (κ2) is 12.4. The van der Waals surface area contributed by atoms with E-state index in [0.29, 0.717) is 0 Å². The van der Waals surface area contributed by atoms with Gasteiger partial charge in [0.15, 0.2) is 0 Å². The molecule has 0 aliphatic heterocycles. The number of benzene rings is 10. The molecule has 1 spiro atoms. The van der Waals surface area contributed by atoms with Gasteiger partial charge in [0, 0.05) is 50.1 Å². The molecular weight excluding hydrogens is 753 g/mol. The average molecular weight is 789 g/mol. The molecule has 2 aliphatic carbocycles. The number of hydrogen-bond acceptors (Lipinski definition) is 2.